The van der Waals surface area contributed by atoms with E-state index in [4.69, 9.17) is 4.18 Å². The Morgan fingerprint density at radius 2 is 2.00 bits per heavy atom. The van der Waals surface area contributed by atoms with Gasteiger partial charge in [0.05, 0.1) is 12.0 Å². The summed E-state index contributed by atoms with van der Waals surface area (Å²) in [4.78, 5) is 10.4. The van der Waals surface area contributed by atoms with Crippen molar-refractivity contribution < 1.29 is 8.98 Å². The van der Waals surface area contributed by atoms with Crippen LogP contribution in [0.4, 0.5) is 0 Å². The molecule has 0 aromatic carbocycles. The second-order valence-electron chi connectivity index (χ2n) is 3.11. The predicted molar refractivity (Wildman–Crippen MR) is 48.3 cm³/mol. The van der Waals surface area contributed by atoms with Crippen molar-refractivity contribution in [2.75, 3.05) is 0 Å². The van der Waals surface area contributed by atoms with Crippen molar-refractivity contribution in [2.24, 2.45) is 5.92 Å². The smallest absolute Gasteiger partial charge is 0.314 e. The fourth-order valence-electron chi connectivity index (χ4n) is 0.853. The summed E-state index contributed by atoms with van der Waals surface area (Å²) in [6.45, 7) is 7.80. The summed E-state index contributed by atoms with van der Waals surface area (Å²) in [7, 11) is 0. The highest BCUT2D eigenvalue weighted by Crippen LogP contribution is 2.19. The third kappa shape index (κ3) is 7.72. The maximum Gasteiger partial charge on any atom is 0.314 e. The van der Waals surface area contributed by atoms with Gasteiger partial charge in [-0.25, -0.2) is 0 Å². The molecule has 0 amide bonds. The van der Waals surface area contributed by atoms with Crippen LogP contribution in [0.15, 0.2) is 0 Å². The van der Waals surface area contributed by atoms with Gasteiger partial charge in [-0.15, -0.1) is 0 Å². The predicted octanol–water partition coefficient (Wildman–Crippen LogP) is 2.63. The van der Waals surface area contributed by atoms with Crippen molar-refractivity contribution in [1.29, 1.82) is 0 Å². The van der Waals surface area contributed by atoms with Gasteiger partial charge >= 0.3 is 5.97 Å². The minimum atomic E-state index is -0.217. The Labute approximate surface area is 72.9 Å². The summed E-state index contributed by atoms with van der Waals surface area (Å²) >= 11 is 1.26. The van der Waals surface area contributed by atoms with Crippen molar-refractivity contribution in [3.05, 3.63) is 0 Å². The molecule has 0 spiro atoms. The van der Waals surface area contributed by atoms with Crippen LogP contribution in [0, 0.1) is 5.92 Å². The van der Waals surface area contributed by atoms with Crippen LogP contribution in [0.3, 0.4) is 0 Å². The Hall–Kier alpha value is -0.180. The fourth-order valence-corrected chi connectivity index (χ4v) is 1.62. The zero-order chi connectivity index (χ0) is 8.85. The molecular weight excluding hydrogens is 160 g/mol. The van der Waals surface area contributed by atoms with Crippen molar-refractivity contribution in [3.63, 3.8) is 0 Å². The van der Waals surface area contributed by atoms with E-state index in [1.54, 1.807) is 0 Å². The first kappa shape index (κ1) is 10.8. The SMILES string of the molecule is CC(=O)OSC(C)CC(C)C. The van der Waals surface area contributed by atoms with Gasteiger partial charge in [-0.05, 0) is 12.3 Å². The Balaban J connectivity index is 3.37. The van der Waals surface area contributed by atoms with Crippen LogP contribution >= 0.6 is 12.0 Å². The average molecular weight is 176 g/mol. The topological polar surface area (TPSA) is 26.3 Å². The Morgan fingerprint density at radius 3 is 2.36 bits per heavy atom. The molecule has 1 unspecified atom stereocenters. The monoisotopic (exact) mass is 176 g/mol. The largest absolute Gasteiger partial charge is 0.391 e. The summed E-state index contributed by atoms with van der Waals surface area (Å²) in [5.74, 6) is 0.443. The zero-order valence-electron chi connectivity index (χ0n) is 7.59. The quantitative estimate of drug-likeness (QED) is 0.616. The molecule has 2 nitrogen and oxygen atoms in total. The van der Waals surface area contributed by atoms with Crippen molar-refractivity contribution in [3.8, 4) is 0 Å². The van der Waals surface area contributed by atoms with Crippen LogP contribution in [-0.4, -0.2) is 11.2 Å². The molecule has 0 N–H and O–H groups in total. The van der Waals surface area contributed by atoms with E-state index in [2.05, 4.69) is 20.8 Å². The molecule has 0 aromatic heterocycles. The fraction of sp³-hybridized carbons (Fsp3) is 0.875. The van der Waals surface area contributed by atoms with Crippen LogP contribution in [0.1, 0.15) is 34.1 Å². The molecule has 0 aliphatic rings. The standard InChI is InChI=1S/C8H16O2S/c1-6(2)5-7(3)11-10-8(4)9/h6-7H,5H2,1-4H3. The van der Waals surface area contributed by atoms with E-state index in [9.17, 15) is 4.79 Å². The lowest BCUT2D eigenvalue weighted by atomic mass is 10.1. The number of rotatable bonds is 4. The average Bonchev–Trinajstić information content (AvgIpc) is 1.82. The Bertz CT molecular complexity index is 123. The van der Waals surface area contributed by atoms with Crippen molar-refractivity contribution >= 4 is 18.0 Å². The summed E-state index contributed by atoms with van der Waals surface area (Å²) in [6, 6.07) is 0. The third-order valence-electron chi connectivity index (χ3n) is 1.13. The maximum atomic E-state index is 10.4. The van der Waals surface area contributed by atoms with Crippen molar-refractivity contribution in [2.45, 2.75) is 39.4 Å². The van der Waals surface area contributed by atoms with E-state index < -0.39 is 0 Å². The second kappa shape index (κ2) is 5.47. The van der Waals surface area contributed by atoms with Crippen LogP contribution in [0.5, 0.6) is 0 Å². The van der Waals surface area contributed by atoms with E-state index in [0.29, 0.717) is 11.2 Å². The van der Waals surface area contributed by atoms with E-state index in [0.717, 1.165) is 6.42 Å². The Morgan fingerprint density at radius 1 is 1.45 bits per heavy atom. The van der Waals surface area contributed by atoms with Gasteiger partial charge in [0, 0.05) is 12.2 Å². The molecule has 0 radical (unpaired) electrons. The molecule has 0 fully saturated rings. The molecule has 0 saturated carbocycles. The number of carbonyl (C=O) groups is 1. The van der Waals surface area contributed by atoms with Gasteiger partial charge in [-0.1, -0.05) is 20.8 Å². The second-order valence-corrected chi connectivity index (χ2v) is 4.28. The molecule has 0 aliphatic carbocycles. The Kier molecular flexibility index (Phi) is 5.38. The van der Waals surface area contributed by atoms with E-state index >= 15 is 0 Å². The van der Waals surface area contributed by atoms with E-state index in [1.807, 2.05) is 0 Å². The van der Waals surface area contributed by atoms with Gasteiger partial charge < -0.3 is 4.18 Å². The molecule has 66 valence electrons. The zero-order valence-corrected chi connectivity index (χ0v) is 8.40. The summed E-state index contributed by atoms with van der Waals surface area (Å²) in [5, 5.41) is 0.402. The highest BCUT2D eigenvalue weighted by molar-refractivity contribution is 7.95. The lowest BCUT2D eigenvalue weighted by Gasteiger charge is -2.10. The molecule has 0 aromatic rings. The molecule has 0 rings (SSSR count). The van der Waals surface area contributed by atoms with E-state index in [1.165, 1.54) is 19.0 Å². The van der Waals surface area contributed by atoms with Crippen molar-refractivity contribution in [1.82, 2.24) is 0 Å². The lowest BCUT2D eigenvalue weighted by molar-refractivity contribution is -0.130. The van der Waals surface area contributed by atoms with Gasteiger partial charge in [-0.2, -0.15) is 0 Å². The molecular formula is C8H16O2S. The lowest BCUT2D eigenvalue weighted by Crippen LogP contribution is -2.03. The highest BCUT2D eigenvalue weighted by atomic mass is 32.2. The first-order chi connectivity index (χ1) is 5.02. The molecule has 0 aliphatic heterocycles. The molecule has 1 atom stereocenters. The minimum absolute atomic E-state index is 0.217. The number of hydrogen-bond acceptors (Lipinski definition) is 3. The highest BCUT2D eigenvalue weighted by Gasteiger charge is 2.07. The molecule has 0 heterocycles. The molecule has 11 heavy (non-hydrogen) atoms. The number of carbonyl (C=O) groups excluding carboxylic acids is 1. The third-order valence-corrected chi connectivity index (χ3v) is 1.98. The molecule has 0 bridgehead atoms. The van der Waals surface area contributed by atoms with Gasteiger partial charge in [0.1, 0.15) is 0 Å². The number of hydrogen-bond donors (Lipinski definition) is 0. The van der Waals surface area contributed by atoms with E-state index in [-0.39, 0.29) is 5.97 Å². The molecule has 3 heteroatoms. The molecule has 0 saturated heterocycles. The van der Waals surface area contributed by atoms with Crippen LogP contribution < -0.4 is 0 Å². The summed E-state index contributed by atoms with van der Waals surface area (Å²) < 4.78 is 4.78. The van der Waals surface area contributed by atoms with Gasteiger partial charge in [0.2, 0.25) is 0 Å². The van der Waals surface area contributed by atoms with Gasteiger partial charge in [-0.3, -0.25) is 4.79 Å². The maximum absolute atomic E-state index is 10.4. The van der Waals surface area contributed by atoms with Crippen LogP contribution in [-0.2, 0) is 8.98 Å². The summed E-state index contributed by atoms with van der Waals surface area (Å²) in [6.07, 6.45) is 1.08. The summed E-state index contributed by atoms with van der Waals surface area (Å²) in [5.41, 5.74) is 0. The van der Waals surface area contributed by atoms with Gasteiger partial charge in [0.25, 0.3) is 0 Å². The minimum Gasteiger partial charge on any atom is -0.391 e. The van der Waals surface area contributed by atoms with Gasteiger partial charge in [0.15, 0.2) is 0 Å². The van der Waals surface area contributed by atoms with Crippen LogP contribution in [0.2, 0.25) is 0 Å². The normalized spacial score (nSPS) is 13.2. The first-order valence-corrected chi connectivity index (χ1v) is 4.66. The first-order valence-electron chi connectivity index (χ1n) is 3.86. The van der Waals surface area contributed by atoms with Crippen LogP contribution in [0.25, 0.3) is 0 Å².